The van der Waals surface area contributed by atoms with Crippen molar-refractivity contribution < 1.29 is 14.6 Å². The minimum atomic E-state index is -0.978. The van der Waals surface area contributed by atoms with Gasteiger partial charge in [0, 0.05) is 12.1 Å². The first kappa shape index (κ1) is 15.4. The number of carboxylic acid groups (broad SMARTS) is 1. The van der Waals surface area contributed by atoms with Gasteiger partial charge in [-0.15, -0.1) is 0 Å². The Kier molecular flexibility index (Phi) is 5.20. The van der Waals surface area contributed by atoms with Gasteiger partial charge in [-0.1, -0.05) is 0 Å². The number of ether oxygens (including phenoxy) is 1. The van der Waals surface area contributed by atoms with Crippen LogP contribution in [0.1, 0.15) is 38.7 Å². The summed E-state index contributed by atoms with van der Waals surface area (Å²) in [5, 5.41) is 15.3. The first-order chi connectivity index (χ1) is 10.1. The van der Waals surface area contributed by atoms with Gasteiger partial charge in [0.25, 0.3) is 0 Å². The molecular weight excluding hydrogens is 268 g/mol. The number of aliphatic carboxylic acids is 1. The van der Waals surface area contributed by atoms with Gasteiger partial charge in [-0.2, -0.15) is 5.10 Å². The van der Waals surface area contributed by atoms with E-state index in [1.165, 1.54) is 19.3 Å². The lowest BCUT2D eigenvalue weighted by Crippen LogP contribution is -2.39. The number of carbonyl (C=O) groups is 1. The first-order valence-electron chi connectivity index (χ1n) is 7.33. The van der Waals surface area contributed by atoms with Crippen molar-refractivity contribution in [3.05, 3.63) is 29.8 Å². The van der Waals surface area contributed by atoms with E-state index in [9.17, 15) is 4.79 Å². The monoisotopic (exact) mass is 290 g/mol. The third kappa shape index (κ3) is 4.48. The molecule has 5 nitrogen and oxygen atoms in total. The van der Waals surface area contributed by atoms with Crippen molar-refractivity contribution in [3.63, 3.8) is 0 Å². The number of carboxylic acids is 1. The SMILES string of the molecule is C[C@H]1CCC[C@H](C)N1/N=C\c1ccc(OCC(=O)O)cc1. The highest BCUT2D eigenvalue weighted by atomic mass is 16.5. The molecule has 0 radical (unpaired) electrons. The van der Waals surface area contributed by atoms with Gasteiger partial charge in [-0.05, 0) is 62.9 Å². The van der Waals surface area contributed by atoms with Crippen LogP contribution in [0.15, 0.2) is 29.4 Å². The Labute approximate surface area is 125 Å². The maximum atomic E-state index is 10.4. The summed E-state index contributed by atoms with van der Waals surface area (Å²) < 4.78 is 5.10. The molecule has 1 aliphatic rings. The zero-order chi connectivity index (χ0) is 15.2. The Morgan fingerprint density at radius 1 is 1.33 bits per heavy atom. The summed E-state index contributed by atoms with van der Waals surface area (Å²) in [6, 6.07) is 8.21. The summed E-state index contributed by atoms with van der Waals surface area (Å²) in [6.07, 6.45) is 5.48. The highest BCUT2D eigenvalue weighted by molar-refractivity contribution is 5.79. The lowest BCUT2D eigenvalue weighted by atomic mass is 10.00. The van der Waals surface area contributed by atoms with Crippen LogP contribution in [-0.2, 0) is 4.79 Å². The standard InChI is InChI=1S/C16H22N2O3/c1-12-4-3-5-13(2)18(12)17-10-14-6-8-15(9-7-14)21-11-16(19)20/h6-10,12-13H,3-5,11H2,1-2H3,(H,19,20)/b17-10-/t12-,13-/m0/s1. The van der Waals surface area contributed by atoms with Gasteiger partial charge in [-0.25, -0.2) is 4.79 Å². The molecule has 0 bridgehead atoms. The van der Waals surface area contributed by atoms with Gasteiger partial charge >= 0.3 is 5.97 Å². The Hall–Kier alpha value is -2.04. The Bertz CT molecular complexity index is 489. The van der Waals surface area contributed by atoms with Crippen LogP contribution < -0.4 is 4.74 Å². The maximum Gasteiger partial charge on any atom is 0.341 e. The van der Waals surface area contributed by atoms with Crippen LogP contribution in [0.25, 0.3) is 0 Å². The zero-order valence-electron chi connectivity index (χ0n) is 12.5. The van der Waals surface area contributed by atoms with E-state index < -0.39 is 5.97 Å². The van der Waals surface area contributed by atoms with Crippen molar-refractivity contribution in [2.75, 3.05) is 6.61 Å². The molecular formula is C16H22N2O3. The van der Waals surface area contributed by atoms with Crippen LogP contribution in [0.2, 0.25) is 0 Å². The van der Waals surface area contributed by atoms with Gasteiger partial charge in [-0.3, -0.25) is 5.01 Å². The van der Waals surface area contributed by atoms with Crippen molar-refractivity contribution in [3.8, 4) is 5.75 Å². The van der Waals surface area contributed by atoms with Crippen molar-refractivity contribution >= 4 is 12.2 Å². The zero-order valence-corrected chi connectivity index (χ0v) is 12.5. The third-order valence-corrected chi connectivity index (χ3v) is 3.73. The molecule has 2 atom stereocenters. The number of hydrogen-bond donors (Lipinski definition) is 1. The lowest BCUT2D eigenvalue weighted by molar-refractivity contribution is -0.139. The molecule has 1 N–H and O–H groups in total. The van der Waals surface area contributed by atoms with Crippen molar-refractivity contribution in [2.45, 2.75) is 45.2 Å². The minimum Gasteiger partial charge on any atom is -0.482 e. The van der Waals surface area contributed by atoms with Crippen LogP contribution >= 0.6 is 0 Å². The fraction of sp³-hybridized carbons (Fsp3) is 0.500. The molecule has 5 heteroatoms. The Balaban J connectivity index is 1.95. The number of rotatable bonds is 5. The van der Waals surface area contributed by atoms with Gasteiger partial charge in [0.15, 0.2) is 6.61 Å². The van der Waals surface area contributed by atoms with E-state index in [1.807, 2.05) is 18.3 Å². The molecule has 2 rings (SSSR count). The number of benzene rings is 1. The van der Waals surface area contributed by atoms with Crippen LogP contribution in [-0.4, -0.2) is 41.0 Å². The first-order valence-corrected chi connectivity index (χ1v) is 7.33. The normalized spacial score (nSPS) is 22.5. The Morgan fingerprint density at radius 2 is 1.95 bits per heavy atom. The second-order valence-electron chi connectivity index (χ2n) is 5.50. The molecule has 1 aromatic carbocycles. The van der Waals surface area contributed by atoms with E-state index in [0.717, 1.165) is 5.56 Å². The molecule has 1 heterocycles. The van der Waals surface area contributed by atoms with E-state index in [-0.39, 0.29) is 6.61 Å². The number of hydrazone groups is 1. The van der Waals surface area contributed by atoms with Gasteiger partial charge < -0.3 is 9.84 Å². The topological polar surface area (TPSA) is 62.1 Å². The van der Waals surface area contributed by atoms with Crippen molar-refractivity contribution in [1.29, 1.82) is 0 Å². The maximum absolute atomic E-state index is 10.4. The average molecular weight is 290 g/mol. The van der Waals surface area contributed by atoms with Crippen molar-refractivity contribution in [2.24, 2.45) is 5.10 Å². The molecule has 0 spiro atoms. The number of nitrogens with zero attached hydrogens (tertiary/aromatic N) is 2. The molecule has 1 saturated heterocycles. The molecule has 0 saturated carbocycles. The molecule has 0 amide bonds. The quantitative estimate of drug-likeness (QED) is 0.847. The molecule has 1 aliphatic heterocycles. The third-order valence-electron chi connectivity index (χ3n) is 3.73. The molecule has 0 aliphatic carbocycles. The Morgan fingerprint density at radius 3 is 2.52 bits per heavy atom. The fourth-order valence-corrected chi connectivity index (χ4v) is 2.56. The van der Waals surface area contributed by atoms with Gasteiger partial charge in [0.1, 0.15) is 5.75 Å². The molecule has 21 heavy (non-hydrogen) atoms. The van der Waals surface area contributed by atoms with Gasteiger partial charge in [0.2, 0.25) is 0 Å². The van der Waals surface area contributed by atoms with Crippen LogP contribution in [0.3, 0.4) is 0 Å². The molecule has 114 valence electrons. The highest BCUT2D eigenvalue weighted by Gasteiger charge is 2.22. The second kappa shape index (κ2) is 7.11. The summed E-state index contributed by atoms with van der Waals surface area (Å²) in [5.41, 5.74) is 0.975. The lowest BCUT2D eigenvalue weighted by Gasteiger charge is -2.36. The summed E-state index contributed by atoms with van der Waals surface area (Å²) in [6.45, 7) is 4.09. The van der Waals surface area contributed by atoms with E-state index >= 15 is 0 Å². The van der Waals surface area contributed by atoms with Gasteiger partial charge in [0.05, 0.1) is 6.21 Å². The largest absolute Gasteiger partial charge is 0.482 e. The van der Waals surface area contributed by atoms with E-state index in [0.29, 0.717) is 17.8 Å². The molecule has 1 fully saturated rings. The molecule has 0 unspecified atom stereocenters. The highest BCUT2D eigenvalue weighted by Crippen LogP contribution is 2.22. The number of piperidine rings is 1. The predicted octanol–water partition coefficient (Wildman–Crippen LogP) is 2.75. The summed E-state index contributed by atoms with van der Waals surface area (Å²) in [7, 11) is 0. The van der Waals surface area contributed by atoms with Crippen molar-refractivity contribution in [1.82, 2.24) is 5.01 Å². The van der Waals surface area contributed by atoms with E-state index in [2.05, 4.69) is 24.0 Å². The fourth-order valence-electron chi connectivity index (χ4n) is 2.56. The van der Waals surface area contributed by atoms with Crippen LogP contribution in [0.5, 0.6) is 5.75 Å². The number of hydrogen-bond acceptors (Lipinski definition) is 4. The molecule has 0 aromatic heterocycles. The summed E-state index contributed by atoms with van der Waals surface area (Å²) >= 11 is 0. The van der Waals surface area contributed by atoms with Crippen LogP contribution in [0, 0.1) is 0 Å². The summed E-state index contributed by atoms with van der Waals surface area (Å²) in [5.74, 6) is -0.428. The summed E-state index contributed by atoms with van der Waals surface area (Å²) in [4.78, 5) is 10.4. The van der Waals surface area contributed by atoms with E-state index in [1.54, 1.807) is 12.1 Å². The second-order valence-corrected chi connectivity index (χ2v) is 5.50. The van der Waals surface area contributed by atoms with Crippen LogP contribution in [0.4, 0.5) is 0 Å². The molecule has 1 aromatic rings. The predicted molar refractivity (Wildman–Crippen MR) is 81.8 cm³/mol. The van der Waals surface area contributed by atoms with E-state index in [4.69, 9.17) is 9.84 Å². The smallest absolute Gasteiger partial charge is 0.341 e. The minimum absolute atomic E-state index is 0.323. The average Bonchev–Trinajstić information content (AvgIpc) is 2.46.